The topological polar surface area (TPSA) is 59.5 Å². The van der Waals surface area contributed by atoms with Gasteiger partial charge in [0.15, 0.2) is 5.78 Å². The van der Waals surface area contributed by atoms with Crippen LogP contribution in [0, 0.1) is 6.92 Å². The number of rotatable bonds is 7. The Morgan fingerprint density at radius 2 is 1.91 bits per heavy atom. The number of hydrogen-bond donors (Lipinski definition) is 0. The first-order valence-corrected chi connectivity index (χ1v) is 11.9. The molecule has 1 atom stereocenters. The molecule has 166 valence electrons. The van der Waals surface area contributed by atoms with Crippen LogP contribution in [0.4, 0.5) is 0 Å². The van der Waals surface area contributed by atoms with E-state index in [0.29, 0.717) is 12.1 Å². The first-order valence-electron chi connectivity index (χ1n) is 11.0. The van der Waals surface area contributed by atoms with Crippen LogP contribution in [-0.4, -0.2) is 41.8 Å². The Morgan fingerprint density at radius 3 is 2.69 bits per heavy atom. The Labute approximate surface area is 193 Å². The molecule has 4 rings (SSSR count). The third-order valence-electron chi connectivity index (χ3n) is 5.97. The molecular formula is C26H28N2O3S. The fraction of sp³-hybridized carbons (Fsp3) is 0.346. The lowest BCUT2D eigenvalue weighted by Crippen LogP contribution is -2.39. The Bertz CT molecular complexity index is 1090. The van der Waals surface area contributed by atoms with Crippen LogP contribution in [0.5, 0.6) is 5.75 Å². The molecule has 6 heteroatoms. The van der Waals surface area contributed by atoms with E-state index in [1.807, 2.05) is 60.4 Å². The molecule has 3 aromatic rings. The standard InChI is InChI=1S/C26H28N2O3S/c1-18-9-11-19(12-10-18)23(29)13-14-25(30)28-15-5-6-20(16-28)26-27-22(17-32-26)21-7-3-4-8-24(21)31-2/h3-4,7-12,17,20H,5-6,13-16H2,1-2H3/t20-/m1/s1. The number of thiazole rings is 1. The average Bonchev–Trinajstić information content (AvgIpc) is 3.33. The molecule has 32 heavy (non-hydrogen) atoms. The van der Waals surface area contributed by atoms with Gasteiger partial charge in [-0.2, -0.15) is 0 Å². The smallest absolute Gasteiger partial charge is 0.223 e. The van der Waals surface area contributed by atoms with Crippen LogP contribution in [0.1, 0.15) is 52.5 Å². The van der Waals surface area contributed by atoms with E-state index >= 15 is 0 Å². The maximum Gasteiger partial charge on any atom is 0.223 e. The molecule has 0 unspecified atom stereocenters. The number of ketones is 1. The van der Waals surface area contributed by atoms with E-state index in [1.165, 1.54) is 0 Å². The van der Waals surface area contributed by atoms with Crippen molar-refractivity contribution in [3.63, 3.8) is 0 Å². The van der Waals surface area contributed by atoms with Gasteiger partial charge in [-0.25, -0.2) is 4.98 Å². The van der Waals surface area contributed by atoms with Crippen LogP contribution < -0.4 is 4.74 Å². The number of likely N-dealkylation sites (tertiary alicyclic amines) is 1. The number of Topliss-reactive ketones (excluding diaryl/α,β-unsaturated/α-hetero) is 1. The number of aromatic nitrogens is 1. The summed E-state index contributed by atoms with van der Waals surface area (Å²) in [6.45, 7) is 3.40. The van der Waals surface area contributed by atoms with Crippen molar-refractivity contribution in [2.24, 2.45) is 0 Å². The Kier molecular flexibility index (Phi) is 7.00. The number of carbonyl (C=O) groups excluding carboxylic acids is 2. The summed E-state index contributed by atoms with van der Waals surface area (Å²) in [6.07, 6.45) is 2.47. The molecule has 1 saturated heterocycles. The van der Waals surface area contributed by atoms with Gasteiger partial charge >= 0.3 is 0 Å². The highest BCUT2D eigenvalue weighted by atomic mass is 32.1. The van der Waals surface area contributed by atoms with Crippen molar-refractivity contribution >= 4 is 23.0 Å². The SMILES string of the molecule is COc1ccccc1-c1csc([C@@H]2CCCN(C(=O)CCC(=O)c3ccc(C)cc3)C2)n1. The number of benzene rings is 2. The van der Waals surface area contributed by atoms with E-state index in [9.17, 15) is 9.59 Å². The zero-order valence-electron chi connectivity index (χ0n) is 18.5. The molecule has 0 aliphatic carbocycles. The number of para-hydroxylation sites is 1. The van der Waals surface area contributed by atoms with Gasteiger partial charge < -0.3 is 9.64 Å². The summed E-state index contributed by atoms with van der Waals surface area (Å²) in [6, 6.07) is 15.4. The second kappa shape index (κ2) is 10.1. The van der Waals surface area contributed by atoms with E-state index in [4.69, 9.17) is 9.72 Å². The lowest BCUT2D eigenvalue weighted by molar-refractivity contribution is -0.132. The minimum atomic E-state index is 0.0216. The van der Waals surface area contributed by atoms with Crippen LogP contribution in [0.2, 0.25) is 0 Å². The summed E-state index contributed by atoms with van der Waals surface area (Å²) < 4.78 is 5.47. The van der Waals surface area contributed by atoms with E-state index in [2.05, 4.69) is 5.38 Å². The van der Waals surface area contributed by atoms with Crippen molar-refractivity contribution in [1.29, 1.82) is 0 Å². The molecule has 2 aromatic carbocycles. The highest BCUT2D eigenvalue weighted by Crippen LogP contribution is 2.35. The van der Waals surface area contributed by atoms with Crippen molar-refractivity contribution in [3.05, 3.63) is 70.0 Å². The van der Waals surface area contributed by atoms with E-state index in [1.54, 1.807) is 18.4 Å². The van der Waals surface area contributed by atoms with E-state index in [-0.39, 0.29) is 30.4 Å². The van der Waals surface area contributed by atoms with Gasteiger partial charge in [0.05, 0.1) is 17.8 Å². The fourth-order valence-electron chi connectivity index (χ4n) is 4.12. The van der Waals surface area contributed by atoms with Gasteiger partial charge in [0.25, 0.3) is 0 Å². The van der Waals surface area contributed by atoms with Gasteiger partial charge in [0.2, 0.25) is 5.91 Å². The Balaban J connectivity index is 1.37. The largest absolute Gasteiger partial charge is 0.496 e. The number of nitrogens with zero attached hydrogens (tertiary/aromatic N) is 2. The molecule has 0 spiro atoms. The maximum atomic E-state index is 12.8. The van der Waals surface area contributed by atoms with Gasteiger partial charge in [-0.15, -0.1) is 11.3 Å². The van der Waals surface area contributed by atoms with Gasteiger partial charge in [-0.05, 0) is 31.9 Å². The number of amides is 1. The molecule has 1 amide bonds. The summed E-state index contributed by atoms with van der Waals surface area (Å²) in [5.41, 5.74) is 3.69. The normalized spacial score (nSPS) is 16.1. The van der Waals surface area contributed by atoms with Crippen LogP contribution >= 0.6 is 11.3 Å². The molecule has 1 aromatic heterocycles. The minimum Gasteiger partial charge on any atom is -0.496 e. The third-order valence-corrected chi connectivity index (χ3v) is 6.97. The van der Waals surface area contributed by atoms with Gasteiger partial charge in [0.1, 0.15) is 5.75 Å². The molecule has 0 radical (unpaired) electrons. The number of piperidine rings is 1. The van der Waals surface area contributed by atoms with Crippen molar-refractivity contribution < 1.29 is 14.3 Å². The Hall–Kier alpha value is -2.99. The summed E-state index contributed by atoms with van der Waals surface area (Å²) in [5.74, 6) is 1.11. The maximum absolute atomic E-state index is 12.8. The number of hydrogen-bond acceptors (Lipinski definition) is 5. The predicted molar refractivity (Wildman–Crippen MR) is 127 cm³/mol. The molecule has 0 bridgehead atoms. The quantitative estimate of drug-likeness (QED) is 0.448. The van der Waals surface area contributed by atoms with Gasteiger partial charge in [-0.1, -0.05) is 42.0 Å². The highest BCUT2D eigenvalue weighted by molar-refractivity contribution is 7.10. The van der Waals surface area contributed by atoms with Gasteiger partial charge in [0, 0.05) is 48.4 Å². The monoisotopic (exact) mass is 448 g/mol. The van der Waals surface area contributed by atoms with E-state index < -0.39 is 0 Å². The third kappa shape index (κ3) is 5.07. The lowest BCUT2D eigenvalue weighted by atomic mass is 9.97. The van der Waals surface area contributed by atoms with Gasteiger partial charge in [-0.3, -0.25) is 9.59 Å². The molecular weight excluding hydrogens is 420 g/mol. The van der Waals surface area contributed by atoms with Crippen molar-refractivity contribution in [1.82, 2.24) is 9.88 Å². The Morgan fingerprint density at radius 1 is 1.12 bits per heavy atom. The van der Waals surface area contributed by atoms with Crippen LogP contribution in [0.25, 0.3) is 11.3 Å². The number of carbonyl (C=O) groups is 2. The molecule has 1 aliphatic heterocycles. The summed E-state index contributed by atoms with van der Waals surface area (Å²) in [5, 5.41) is 3.12. The molecule has 0 N–H and O–H groups in total. The molecule has 1 aliphatic rings. The summed E-state index contributed by atoms with van der Waals surface area (Å²) in [7, 11) is 1.67. The zero-order valence-corrected chi connectivity index (χ0v) is 19.4. The fourth-order valence-corrected chi connectivity index (χ4v) is 5.07. The van der Waals surface area contributed by atoms with Crippen LogP contribution in [0.3, 0.4) is 0 Å². The van der Waals surface area contributed by atoms with Crippen LogP contribution in [0.15, 0.2) is 53.9 Å². The highest BCUT2D eigenvalue weighted by Gasteiger charge is 2.27. The first-order chi connectivity index (χ1) is 15.5. The molecule has 0 saturated carbocycles. The molecule has 1 fully saturated rings. The number of methoxy groups -OCH3 is 1. The number of aryl methyl sites for hydroxylation is 1. The molecule has 5 nitrogen and oxygen atoms in total. The first kappa shape index (κ1) is 22.2. The van der Waals surface area contributed by atoms with Crippen LogP contribution in [-0.2, 0) is 4.79 Å². The zero-order chi connectivity index (χ0) is 22.5. The van der Waals surface area contributed by atoms with Crippen molar-refractivity contribution in [2.75, 3.05) is 20.2 Å². The summed E-state index contributed by atoms with van der Waals surface area (Å²) >= 11 is 1.64. The second-order valence-electron chi connectivity index (χ2n) is 8.24. The second-order valence-corrected chi connectivity index (χ2v) is 9.13. The average molecular weight is 449 g/mol. The lowest BCUT2D eigenvalue weighted by Gasteiger charge is -2.32. The molecule has 2 heterocycles. The predicted octanol–water partition coefficient (Wildman–Crippen LogP) is 5.50. The minimum absolute atomic E-state index is 0.0216. The summed E-state index contributed by atoms with van der Waals surface area (Å²) in [4.78, 5) is 32.0. The van der Waals surface area contributed by atoms with E-state index in [0.717, 1.165) is 47.0 Å². The van der Waals surface area contributed by atoms with Crippen molar-refractivity contribution in [2.45, 2.75) is 38.5 Å². The number of ether oxygens (including phenoxy) is 1. The van der Waals surface area contributed by atoms with Crippen molar-refractivity contribution in [3.8, 4) is 17.0 Å².